The van der Waals surface area contributed by atoms with E-state index in [4.69, 9.17) is 0 Å². The van der Waals surface area contributed by atoms with E-state index in [1.165, 1.54) is 17.9 Å². The van der Waals surface area contributed by atoms with Gasteiger partial charge in [0, 0.05) is 31.5 Å². The standard InChI is InChI=1S/C11H17N3S/c1-12-11-6-10(2-4-13-11)14-7-9-3-5-15-8-9/h2,4,6,9H,3,5,7-8H2,1H3,(H2,12,13,14). The Kier molecular flexibility index (Phi) is 3.72. The Morgan fingerprint density at radius 1 is 1.60 bits per heavy atom. The lowest BCUT2D eigenvalue weighted by Gasteiger charge is -2.11. The second kappa shape index (κ2) is 5.26. The van der Waals surface area contributed by atoms with Crippen LogP contribution in [0.15, 0.2) is 18.3 Å². The summed E-state index contributed by atoms with van der Waals surface area (Å²) in [4.78, 5) is 4.18. The van der Waals surface area contributed by atoms with Gasteiger partial charge < -0.3 is 10.6 Å². The number of hydrogen-bond donors (Lipinski definition) is 2. The maximum Gasteiger partial charge on any atom is 0.127 e. The van der Waals surface area contributed by atoms with Gasteiger partial charge in [0.15, 0.2) is 0 Å². The minimum atomic E-state index is 0.834. The van der Waals surface area contributed by atoms with Gasteiger partial charge in [0.2, 0.25) is 0 Å². The zero-order valence-corrected chi connectivity index (χ0v) is 9.81. The molecule has 0 radical (unpaired) electrons. The van der Waals surface area contributed by atoms with Gasteiger partial charge in [-0.25, -0.2) is 4.98 Å². The monoisotopic (exact) mass is 223 g/mol. The van der Waals surface area contributed by atoms with Gasteiger partial charge in [-0.2, -0.15) is 11.8 Å². The van der Waals surface area contributed by atoms with E-state index in [1.54, 1.807) is 0 Å². The summed E-state index contributed by atoms with van der Waals surface area (Å²) in [6.07, 6.45) is 3.18. The van der Waals surface area contributed by atoms with Crippen molar-refractivity contribution in [3.05, 3.63) is 18.3 Å². The van der Waals surface area contributed by atoms with Crippen molar-refractivity contribution in [2.75, 3.05) is 35.7 Å². The first-order valence-electron chi connectivity index (χ1n) is 5.34. The third kappa shape index (κ3) is 3.02. The van der Waals surface area contributed by atoms with Crippen LogP contribution in [-0.4, -0.2) is 30.1 Å². The molecule has 0 spiro atoms. The summed E-state index contributed by atoms with van der Waals surface area (Å²) in [5.74, 6) is 4.38. The third-order valence-corrected chi connectivity index (χ3v) is 3.87. The van der Waals surface area contributed by atoms with Crippen molar-refractivity contribution < 1.29 is 0 Å². The Morgan fingerprint density at radius 2 is 2.53 bits per heavy atom. The van der Waals surface area contributed by atoms with Crippen LogP contribution < -0.4 is 10.6 Å². The summed E-state index contributed by atoms with van der Waals surface area (Å²) in [5.41, 5.74) is 1.16. The maximum atomic E-state index is 4.18. The fraction of sp³-hybridized carbons (Fsp3) is 0.545. The molecule has 1 aliphatic rings. The van der Waals surface area contributed by atoms with Gasteiger partial charge in [-0.05, 0) is 29.9 Å². The quantitative estimate of drug-likeness (QED) is 0.821. The van der Waals surface area contributed by atoms with Crippen LogP contribution in [0, 0.1) is 5.92 Å². The van der Waals surface area contributed by atoms with E-state index < -0.39 is 0 Å². The van der Waals surface area contributed by atoms with Crippen molar-refractivity contribution in [3.8, 4) is 0 Å². The van der Waals surface area contributed by atoms with Gasteiger partial charge in [-0.1, -0.05) is 0 Å². The Morgan fingerprint density at radius 3 is 3.27 bits per heavy atom. The summed E-state index contributed by atoms with van der Waals surface area (Å²) in [5, 5.41) is 6.51. The average molecular weight is 223 g/mol. The Balaban J connectivity index is 1.86. The van der Waals surface area contributed by atoms with E-state index in [0.29, 0.717) is 0 Å². The highest BCUT2D eigenvalue weighted by Gasteiger charge is 2.14. The second-order valence-corrected chi connectivity index (χ2v) is 4.94. The van der Waals surface area contributed by atoms with Gasteiger partial charge in [0.05, 0.1) is 0 Å². The number of aromatic nitrogens is 1. The number of nitrogens with one attached hydrogen (secondary N) is 2. The van der Waals surface area contributed by atoms with Gasteiger partial charge in [-0.15, -0.1) is 0 Å². The molecular formula is C11H17N3S. The molecule has 0 saturated carbocycles. The van der Waals surface area contributed by atoms with Gasteiger partial charge in [-0.3, -0.25) is 0 Å². The molecule has 1 atom stereocenters. The summed E-state index contributed by atoms with van der Waals surface area (Å²) in [6.45, 7) is 1.08. The topological polar surface area (TPSA) is 37.0 Å². The van der Waals surface area contributed by atoms with Crippen molar-refractivity contribution in [3.63, 3.8) is 0 Å². The number of pyridine rings is 1. The number of hydrogen-bond acceptors (Lipinski definition) is 4. The molecule has 15 heavy (non-hydrogen) atoms. The Bertz CT molecular complexity index is 310. The predicted octanol–water partition coefficient (Wildman–Crippen LogP) is 2.29. The molecule has 1 fully saturated rings. The largest absolute Gasteiger partial charge is 0.385 e. The van der Waals surface area contributed by atoms with E-state index in [-0.39, 0.29) is 0 Å². The first-order chi connectivity index (χ1) is 7.38. The van der Waals surface area contributed by atoms with Gasteiger partial charge >= 0.3 is 0 Å². The molecular weight excluding hydrogens is 206 g/mol. The molecule has 1 aromatic heterocycles. The molecule has 0 amide bonds. The summed E-state index contributed by atoms with van der Waals surface area (Å²) in [6, 6.07) is 4.06. The number of thioether (sulfide) groups is 1. The fourth-order valence-electron chi connectivity index (χ4n) is 1.68. The molecule has 1 unspecified atom stereocenters. The normalized spacial score (nSPS) is 20.2. The zero-order valence-electron chi connectivity index (χ0n) is 8.99. The molecule has 1 saturated heterocycles. The van der Waals surface area contributed by atoms with Crippen molar-refractivity contribution >= 4 is 23.3 Å². The minimum absolute atomic E-state index is 0.834. The SMILES string of the molecule is CNc1cc(NCC2CCSC2)ccn1. The molecule has 1 aromatic rings. The molecule has 1 aliphatic heterocycles. The highest BCUT2D eigenvalue weighted by molar-refractivity contribution is 7.99. The molecule has 82 valence electrons. The number of rotatable bonds is 4. The van der Waals surface area contributed by atoms with Crippen LogP contribution in [0.3, 0.4) is 0 Å². The zero-order chi connectivity index (χ0) is 10.5. The summed E-state index contributed by atoms with van der Waals surface area (Å²) in [7, 11) is 1.89. The van der Waals surface area contributed by atoms with Gasteiger partial charge in [0.25, 0.3) is 0 Å². The van der Waals surface area contributed by atoms with Crippen molar-refractivity contribution in [1.29, 1.82) is 0 Å². The van der Waals surface area contributed by atoms with Crippen LogP contribution in [0.5, 0.6) is 0 Å². The Hall–Kier alpha value is -0.900. The fourth-order valence-corrected chi connectivity index (χ4v) is 2.97. The first kappa shape index (κ1) is 10.6. The second-order valence-electron chi connectivity index (χ2n) is 3.79. The predicted molar refractivity (Wildman–Crippen MR) is 67.7 cm³/mol. The van der Waals surface area contributed by atoms with Crippen molar-refractivity contribution in [2.45, 2.75) is 6.42 Å². The third-order valence-electron chi connectivity index (χ3n) is 2.63. The first-order valence-corrected chi connectivity index (χ1v) is 6.49. The molecule has 0 aliphatic carbocycles. The Labute approximate surface area is 95.1 Å². The van der Waals surface area contributed by atoms with Crippen LogP contribution in [0.1, 0.15) is 6.42 Å². The van der Waals surface area contributed by atoms with Crippen LogP contribution in [0.2, 0.25) is 0 Å². The summed E-state index contributed by atoms with van der Waals surface area (Å²) < 4.78 is 0. The van der Waals surface area contributed by atoms with Crippen LogP contribution >= 0.6 is 11.8 Å². The smallest absolute Gasteiger partial charge is 0.127 e. The van der Waals surface area contributed by atoms with E-state index in [2.05, 4.69) is 27.4 Å². The van der Waals surface area contributed by atoms with Crippen LogP contribution in [0.25, 0.3) is 0 Å². The lowest BCUT2D eigenvalue weighted by atomic mass is 10.1. The number of nitrogens with zero attached hydrogens (tertiary/aromatic N) is 1. The van der Waals surface area contributed by atoms with E-state index in [0.717, 1.165) is 24.0 Å². The molecule has 3 nitrogen and oxygen atoms in total. The van der Waals surface area contributed by atoms with E-state index in [9.17, 15) is 0 Å². The molecule has 2 rings (SSSR count). The molecule has 0 aromatic carbocycles. The lowest BCUT2D eigenvalue weighted by molar-refractivity contribution is 0.632. The number of anilines is 2. The maximum absolute atomic E-state index is 4.18. The average Bonchev–Trinajstić information content (AvgIpc) is 2.79. The molecule has 2 heterocycles. The highest BCUT2D eigenvalue weighted by Crippen LogP contribution is 2.23. The van der Waals surface area contributed by atoms with E-state index in [1.807, 2.05) is 25.4 Å². The highest BCUT2D eigenvalue weighted by atomic mass is 32.2. The van der Waals surface area contributed by atoms with Gasteiger partial charge in [0.1, 0.15) is 5.82 Å². The van der Waals surface area contributed by atoms with E-state index >= 15 is 0 Å². The van der Waals surface area contributed by atoms with Crippen LogP contribution in [0.4, 0.5) is 11.5 Å². The molecule has 2 N–H and O–H groups in total. The summed E-state index contributed by atoms with van der Waals surface area (Å²) >= 11 is 2.06. The minimum Gasteiger partial charge on any atom is -0.385 e. The molecule has 4 heteroatoms. The van der Waals surface area contributed by atoms with Crippen molar-refractivity contribution in [2.24, 2.45) is 5.92 Å². The lowest BCUT2D eigenvalue weighted by Crippen LogP contribution is -2.13. The molecule has 0 bridgehead atoms. The van der Waals surface area contributed by atoms with Crippen LogP contribution in [-0.2, 0) is 0 Å². The van der Waals surface area contributed by atoms with Crippen molar-refractivity contribution in [1.82, 2.24) is 4.98 Å².